The van der Waals surface area contributed by atoms with Crippen LogP contribution in [0.1, 0.15) is 34.5 Å². The number of benzene rings is 1. The van der Waals surface area contributed by atoms with Crippen molar-refractivity contribution in [1.82, 2.24) is 10.3 Å². The fourth-order valence-electron chi connectivity index (χ4n) is 2.11. The SMILES string of the molecule is Cc1ccc2nc(C)c(C(=O)NC3CC3)cc2c1. The molecule has 1 saturated carbocycles. The third-order valence-electron chi connectivity index (χ3n) is 3.32. The number of carbonyl (C=O) groups is 1. The largest absolute Gasteiger partial charge is 0.349 e. The van der Waals surface area contributed by atoms with Gasteiger partial charge in [-0.1, -0.05) is 11.6 Å². The number of pyridine rings is 1. The van der Waals surface area contributed by atoms with E-state index in [9.17, 15) is 4.79 Å². The van der Waals surface area contributed by atoms with Crippen LogP contribution < -0.4 is 5.32 Å². The summed E-state index contributed by atoms with van der Waals surface area (Å²) in [7, 11) is 0. The van der Waals surface area contributed by atoms with Crippen LogP contribution in [0.2, 0.25) is 0 Å². The summed E-state index contributed by atoms with van der Waals surface area (Å²) in [5, 5.41) is 4.04. The molecule has 0 unspecified atom stereocenters. The molecule has 1 fully saturated rings. The minimum absolute atomic E-state index is 0.00547. The van der Waals surface area contributed by atoms with Gasteiger partial charge in [0.15, 0.2) is 0 Å². The quantitative estimate of drug-likeness (QED) is 0.877. The maximum atomic E-state index is 12.1. The van der Waals surface area contributed by atoms with Crippen LogP contribution in [0.25, 0.3) is 10.9 Å². The molecule has 18 heavy (non-hydrogen) atoms. The third-order valence-corrected chi connectivity index (χ3v) is 3.32. The van der Waals surface area contributed by atoms with Crippen LogP contribution in [0.3, 0.4) is 0 Å². The van der Waals surface area contributed by atoms with Crippen molar-refractivity contribution in [2.45, 2.75) is 32.7 Å². The van der Waals surface area contributed by atoms with E-state index >= 15 is 0 Å². The van der Waals surface area contributed by atoms with Gasteiger partial charge in [0.25, 0.3) is 5.91 Å². The first-order chi connectivity index (χ1) is 8.63. The highest BCUT2D eigenvalue weighted by atomic mass is 16.1. The average molecular weight is 240 g/mol. The monoisotopic (exact) mass is 240 g/mol. The first-order valence-electron chi connectivity index (χ1n) is 6.32. The van der Waals surface area contributed by atoms with E-state index in [-0.39, 0.29) is 5.91 Å². The van der Waals surface area contributed by atoms with Gasteiger partial charge in [-0.25, -0.2) is 0 Å². The van der Waals surface area contributed by atoms with Crippen molar-refractivity contribution in [1.29, 1.82) is 0 Å². The number of fused-ring (bicyclic) bond motifs is 1. The molecule has 1 aromatic carbocycles. The van der Waals surface area contributed by atoms with Crippen LogP contribution in [-0.4, -0.2) is 16.9 Å². The van der Waals surface area contributed by atoms with Gasteiger partial charge < -0.3 is 5.32 Å². The molecule has 3 heteroatoms. The molecule has 0 aliphatic heterocycles. The molecule has 2 aromatic rings. The van der Waals surface area contributed by atoms with Crippen molar-refractivity contribution in [3.8, 4) is 0 Å². The minimum Gasteiger partial charge on any atom is -0.349 e. The smallest absolute Gasteiger partial charge is 0.253 e. The topological polar surface area (TPSA) is 42.0 Å². The summed E-state index contributed by atoms with van der Waals surface area (Å²) in [6, 6.07) is 8.43. The number of nitrogens with zero attached hydrogens (tertiary/aromatic N) is 1. The minimum atomic E-state index is 0.00547. The van der Waals surface area contributed by atoms with Crippen molar-refractivity contribution >= 4 is 16.8 Å². The lowest BCUT2D eigenvalue weighted by Crippen LogP contribution is -2.26. The first kappa shape index (κ1) is 11.2. The molecule has 92 valence electrons. The number of carbonyl (C=O) groups excluding carboxylic acids is 1. The van der Waals surface area contributed by atoms with E-state index in [2.05, 4.69) is 16.4 Å². The Morgan fingerprint density at radius 3 is 2.78 bits per heavy atom. The van der Waals surface area contributed by atoms with E-state index in [1.807, 2.05) is 32.0 Å². The zero-order valence-corrected chi connectivity index (χ0v) is 10.7. The molecule has 3 nitrogen and oxygen atoms in total. The standard InChI is InChI=1S/C15H16N2O/c1-9-3-6-14-11(7-9)8-13(10(2)16-14)15(18)17-12-4-5-12/h3,6-8,12H,4-5H2,1-2H3,(H,17,18). The van der Waals surface area contributed by atoms with Crippen LogP contribution >= 0.6 is 0 Å². The van der Waals surface area contributed by atoms with E-state index in [4.69, 9.17) is 0 Å². The predicted molar refractivity (Wildman–Crippen MR) is 71.7 cm³/mol. The molecular weight excluding hydrogens is 224 g/mol. The Bertz CT molecular complexity index is 630. The fraction of sp³-hybridized carbons (Fsp3) is 0.333. The zero-order valence-electron chi connectivity index (χ0n) is 10.7. The van der Waals surface area contributed by atoms with Crippen molar-refractivity contribution < 1.29 is 4.79 Å². The van der Waals surface area contributed by atoms with Crippen molar-refractivity contribution in [3.05, 3.63) is 41.1 Å². The van der Waals surface area contributed by atoms with Gasteiger partial charge in [0, 0.05) is 11.4 Å². The van der Waals surface area contributed by atoms with Crippen LogP contribution in [0.15, 0.2) is 24.3 Å². The van der Waals surface area contributed by atoms with E-state index in [1.165, 1.54) is 5.56 Å². The number of aryl methyl sites for hydroxylation is 2. The molecule has 0 spiro atoms. The highest BCUT2D eigenvalue weighted by Crippen LogP contribution is 2.21. The molecule has 1 aliphatic rings. The lowest BCUT2D eigenvalue weighted by Gasteiger charge is -2.08. The zero-order chi connectivity index (χ0) is 12.7. The van der Waals surface area contributed by atoms with E-state index in [0.29, 0.717) is 11.6 Å². The highest BCUT2D eigenvalue weighted by Gasteiger charge is 2.24. The molecule has 1 aliphatic carbocycles. The Kier molecular flexibility index (Phi) is 2.54. The van der Waals surface area contributed by atoms with Crippen LogP contribution in [-0.2, 0) is 0 Å². The number of amides is 1. The molecule has 1 aromatic heterocycles. The van der Waals surface area contributed by atoms with Crippen molar-refractivity contribution in [2.24, 2.45) is 0 Å². The molecule has 0 saturated heterocycles. The Morgan fingerprint density at radius 1 is 1.28 bits per heavy atom. The molecule has 0 bridgehead atoms. The second-order valence-electron chi connectivity index (χ2n) is 5.07. The summed E-state index contributed by atoms with van der Waals surface area (Å²) in [6.07, 6.45) is 2.20. The molecule has 1 N–H and O–H groups in total. The second-order valence-corrected chi connectivity index (χ2v) is 5.07. The fourth-order valence-corrected chi connectivity index (χ4v) is 2.11. The van der Waals surface area contributed by atoms with Crippen LogP contribution in [0, 0.1) is 13.8 Å². The van der Waals surface area contributed by atoms with Gasteiger partial charge >= 0.3 is 0 Å². The predicted octanol–water partition coefficient (Wildman–Crippen LogP) is 2.74. The lowest BCUT2D eigenvalue weighted by molar-refractivity contribution is 0.0950. The molecule has 0 radical (unpaired) electrons. The summed E-state index contributed by atoms with van der Waals surface area (Å²) < 4.78 is 0. The molecule has 1 amide bonds. The van der Waals surface area contributed by atoms with Crippen molar-refractivity contribution in [2.75, 3.05) is 0 Å². The highest BCUT2D eigenvalue weighted by molar-refractivity contribution is 5.99. The lowest BCUT2D eigenvalue weighted by atomic mass is 10.1. The van der Waals surface area contributed by atoms with Crippen LogP contribution in [0.5, 0.6) is 0 Å². The molecular formula is C15H16N2O. The summed E-state index contributed by atoms with van der Waals surface area (Å²) in [4.78, 5) is 16.6. The Labute approximate surface area is 106 Å². The summed E-state index contributed by atoms with van der Waals surface area (Å²) >= 11 is 0. The van der Waals surface area contributed by atoms with E-state index in [1.54, 1.807) is 0 Å². The second kappa shape index (κ2) is 4.09. The maximum absolute atomic E-state index is 12.1. The maximum Gasteiger partial charge on any atom is 0.253 e. The Morgan fingerprint density at radius 2 is 2.06 bits per heavy atom. The van der Waals surface area contributed by atoms with Gasteiger partial charge in [-0.3, -0.25) is 9.78 Å². The van der Waals surface area contributed by atoms with Crippen molar-refractivity contribution in [3.63, 3.8) is 0 Å². The number of aromatic nitrogens is 1. The molecule has 1 heterocycles. The molecule has 0 atom stereocenters. The first-order valence-corrected chi connectivity index (χ1v) is 6.32. The van der Waals surface area contributed by atoms with E-state index in [0.717, 1.165) is 29.4 Å². The normalized spacial score (nSPS) is 14.8. The van der Waals surface area contributed by atoms with Gasteiger partial charge in [0.1, 0.15) is 0 Å². The number of hydrogen-bond donors (Lipinski definition) is 1. The molecule has 3 rings (SSSR count). The number of nitrogens with one attached hydrogen (secondary N) is 1. The van der Waals surface area contributed by atoms with Crippen LogP contribution in [0.4, 0.5) is 0 Å². The van der Waals surface area contributed by atoms with E-state index < -0.39 is 0 Å². The number of hydrogen-bond acceptors (Lipinski definition) is 2. The Balaban J connectivity index is 2.04. The summed E-state index contributed by atoms with van der Waals surface area (Å²) in [5.41, 5.74) is 3.62. The average Bonchev–Trinajstić information content (AvgIpc) is 3.12. The van der Waals surface area contributed by atoms with Gasteiger partial charge in [-0.15, -0.1) is 0 Å². The summed E-state index contributed by atoms with van der Waals surface area (Å²) in [5.74, 6) is 0.00547. The van der Waals surface area contributed by atoms with Gasteiger partial charge in [0.2, 0.25) is 0 Å². The summed E-state index contributed by atoms with van der Waals surface area (Å²) in [6.45, 7) is 3.93. The van der Waals surface area contributed by atoms with Gasteiger partial charge in [-0.05, 0) is 44.9 Å². The number of rotatable bonds is 2. The Hall–Kier alpha value is -1.90. The van der Waals surface area contributed by atoms with Gasteiger partial charge in [0.05, 0.1) is 16.8 Å². The van der Waals surface area contributed by atoms with Gasteiger partial charge in [-0.2, -0.15) is 0 Å². The third kappa shape index (κ3) is 2.08.